The molecular formula is C28H44N2O7S. The number of rotatable bonds is 12. The number of sulfonamides is 1. The van der Waals surface area contributed by atoms with Gasteiger partial charge in [-0.1, -0.05) is 57.5 Å². The molecule has 0 aliphatic carbocycles. The molecule has 0 spiro atoms. The Hall–Kier alpha value is -2.46. The minimum absolute atomic E-state index is 0.0989. The Morgan fingerprint density at radius 3 is 2.26 bits per heavy atom. The summed E-state index contributed by atoms with van der Waals surface area (Å²) in [5.41, 5.74) is 0.233. The maximum Gasteiger partial charge on any atom is 0.310 e. The number of benzene rings is 1. The highest BCUT2D eigenvalue weighted by atomic mass is 32.2. The van der Waals surface area contributed by atoms with Crippen LogP contribution in [0.4, 0.5) is 0 Å². The molecule has 4 atom stereocenters. The topological polar surface area (TPSA) is 119 Å². The molecule has 1 heterocycles. The highest BCUT2D eigenvalue weighted by Gasteiger charge is 2.46. The van der Waals surface area contributed by atoms with Gasteiger partial charge in [0.25, 0.3) is 5.91 Å². The number of esters is 1. The predicted octanol–water partition coefficient (Wildman–Crippen LogP) is 3.67. The van der Waals surface area contributed by atoms with E-state index >= 15 is 0 Å². The third kappa shape index (κ3) is 10.0. The quantitative estimate of drug-likeness (QED) is 0.393. The Kier molecular flexibility index (Phi) is 11.3. The van der Waals surface area contributed by atoms with Gasteiger partial charge in [-0.05, 0) is 45.1 Å². The normalized spacial score (nSPS) is 19.7. The molecule has 1 aliphatic heterocycles. The minimum Gasteiger partial charge on any atom is -0.460 e. The molecule has 1 aromatic carbocycles. The van der Waals surface area contributed by atoms with Gasteiger partial charge in [0.1, 0.15) is 11.6 Å². The molecule has 0 saturated carbocycles. The molecule has 1 aromatic rings. The number of nitrogens with one attached hydrogen (secondary N) is 1. The van der Waals surface area contributed by atoms with Crippen LogP contribution in [0, 0.1) is 17.8 Å². The summed E-state index contributed by atoms with van der Waals surface area (Å²) >= 11 is 0. The first-order valence-electron chi connectivity index (χ1n) is 13.3. The second-order valence-electron chi connectivity index (χ2n) is 11.6. The summed E-state index contributed by atoms with van der Waals surface area (Å²) in [5, 5.41) is 0. The zero-order chi connectivity index (χ0) is 28.7. The lowest BCUT2D eigenvalue weighted by atomic mass is 9.81. The number of ether oxygens (including phenoxy) is 2. The van der Waals surface area contributed by atoms with E-state index in [1.54, 1.807) is 20.8 Å². The molecule has 9 nitrogen and oxygen atoms in total. The maximum atomic E-state index is 14.1. The van der Waals surface area contributed by atoms with Gasteiger partial charge in [-0.25, -0.2) is 8.42 Å². The fraction of sp³-hybridized carbons (Fsp3) is 0.679. The molecule has 214 valence electrons. The zero-order valence-corrected chi connectivity index (χ0v) is 24.5. The fourth-order valence-corrected chi connectivity index (χ4v) is 5.28. The monoisotopic (exact) mass is 552 g/mol. The summed E-state index contributed by atoms with van der Waals surface area (Å²) < 4.78 is 37.4. The summed E-state index contributed by atoms with van der Waals surface area (Å²) in [6, 6.07) is 8.49. The molecule has 0 radical (unpaired) electrons. The molecule has 1 fully saturated rings. The van der Waals surface area contributed by atoms with Crippen LogP contribution >= 0.6 is 0 Å². The molecule has 38 heavy (non-hydrogen) atoms. The lowest BCUT2D eigenvalue weighted by Crippen LogP contribution is -2.51. The zero-order valence-electron chi connectivity index (χ0n) is 23.7. The van der Waals surface area contributed by atoms with E-state index in [1.807, 2.05) is 55.8 Å². The number of hydrogen-bond acceptors (Lipinski definition) is 7. The van der Waals surface area contributed by atoms with E-state index in [9.17, 15) is 22.8 Å². The smallest absolute Gasteiger partial charge is 0.310 e. The second-order valence-corrected chi connectivity index (χ2v) is 13.3. The highest BCUT2D eigenvalue weighted by molar-refractivity contribution is 7.89. The first-order valence-corrected chi connectivity index (χ1v) is 15.2. The second kappa shape index (κ2) is 13.6. The molecule has 1 saturated heterocycles. The predicted molar refractivity (Wildman–Crippen MR) is 145 cm³/mol. The number of likely N-dealkylation sites (tertiary alicyclic amines) is 1. The van der Waals surface area contributed by atoms with E-state index in [4.69, 9.17) is 9.47 Å². The molecule has 0 aromatic heterocycles. The summed E-state index contributed by atoms with van der Waals surface area (Å²) in [5.74, 6) is -2.88. The summed E-state index contributed by atoms with van der Waals surface area (Å²) in [7, 11) is -3.83. The lowest BCUT2D eigenvalue weighted by molar-refractivity contribution is -0.166. The van der Waals surface area contributed by atoms with Gasteiger partial charge < -0.3 is 14.4 Å². The van der Waals surface area contributed by atoms with Crippen molar-refractivity contribution in [3.05, 3.63) is 35.9 Å². The lowest BCUT2D eigenvalue weighted by Gasteiger charge is -2.33. The van der Waals surface area contributed by atoms with Crippen molar-refractivity contribution >= 4 is 27.8 Å². The maximum absolute atomic E-state index is 14.1. The highest BCUT2D eigenvalue weighted by Crippen LogP contribution is 2.33. The van der Waals surface area contributed by atoms with Crippen LogP contribution in [0.25, 0.3) is 0 Å². The molecular weight excluding hydrogens is 508 g/mol. The van der Waals surface area contributed by atoms with E-state index in [-0.39, 0.29) is 24.8 Å². The van der Waals surface area contributed by atoms with Crippen molar-refractivity contribution < 1.29 is 32.3 Å². The van der Waals surface area contributed by atoms with Gasteiger partial charge in [0, 0.05) is 13.0 Å². The van der Waals surface area contributed by atoms with Crippen LogP contribution in [-0.4, -0.2) is 61.6 Å². The minimum atomic E-state index is -3.83. The molecule has 1 aliphatic rings. The van der Waals surface area contributed by atoms with Gasteiger partial charge >= 0.3 is 5.97 Å². The first-order chi connectivity index (χ1) is 17.6. The Balaban J connectivity index is 2.37. The summed E-state index contributed by atoms with van der Waals surface area (Å²) in [4.78, 5) is 41.8. The van der Waals surface area contributed by atoms with Crippen molar-refractivity contribution in [3.63, 3.8) is 0 Å². The van der Waals surface area contributed by atoms with Crippen LogP contribution in [0.5, 0.6) is 0 Å². The SMILES string of the molecule is CCC[C@H](C(=O)OC(C)(C)C)[C@@H](CC(C)C)C(=O)N1C[C@@H](OCc2ccccc2)CC1C(=O)NS(C)(=O)=O. The van der Waals surface area contributed by atoms with Crippen molar-refractivity contribution in [2.45, 2.75) is 91.6 Å². The number of carbonyl (C=O) groups excluding carboxylic acids is 3. The summed E-state index contributed by atoms with van der Waals surface area (Å²) in [6.45, 7) is 11.7. The van der Waals surface area contributed by atoms with E-state index in [1.165, 1.54) is 4.90 Å². The Morgan fingerprint density at radius 2 is 1.74 bits per heavy atom. The molecule has 10 heteroatoms. The largest absolute Gasteiger partial charge is 0.460 e. The van der Waals surface area contributed by atoms with Gasteiger partial charge in [0.15, 0.2) is 0 Å². The molecule has 2 rings (SSSR count). The third-order valence-electron chi connectivity index (χ3n) is 6.30. The van der Waals surface area contributed by atoms with Gasteiger partial charge in [-0.2, -0.15) is 0 Å². The fourth-order valence-electron chi connectivity index (χ4n) is 4.78. The number of carbonyl (C=O) groups is 3. The number of hydrogen-bond donors (Lipinski definition) is 1. The van der Waals surface area contributed by atoms with Crippen molar-refractivity contribution in [1.82, 2.24) is 9.62 Å². The van der Waals surface area contributed by atoms with Crippen LogP contribution in [0.15, 0.2) is 30.3 Å². The van der Waals surface area contributed by atoms with Gasteiger partial charge in [-0.3, -0.25) is 19.1 Å². The van der Waals surface area contributed by atoms with E-state index in [2.05, 4.69) is 0 Å². The number of nitrogens with zero attached hydrogens (tertiary/aromatic N) is 1. The Morgan fingerprint density at radius 1 is 1.11 bits per heavy atom. The van der Waals surface area contributed by atoms with E-state index in [0.717, 1.165) is 11.8 Å². The number of amides is 2. The summed E-state index contributed by atoms with van der Waals surface area (Å²) in [6.07, 6.45) is 2.14. The van der Waals surface area contributed by atoms with E-state index < -0.39 is 51.5 Å². The molecule has 1 N–H and O–H groups in total. The van der Waals surface area contributed by atoms with Crippen LogP contribution in [0.2, 0.25) is 0 Å². The van der Waals surface area contributed by atoms with Crippen LogP contribution in [0.3, 0.4) is 0 Å². The standard InChI is InChI=1S/C28H44N2O7S/c1-8-12-22(27(33)37-28(4,5)6)23(15-19(2)3)26(32)30-17-21(36-18-20-13-10-9-11-14-20)16-24(30)25(31)29-38(7,34)35/h9-11,13-14,19,21-24H,8,12,15-18H2,1-7H3,(H,29,31)/t21-,22-,23+,24?/m0/s1. The Bertz CT molecular complexity index is 1050. The van der Waals surface area contributed by atoms with Gasteiger partial charge in [-0.15, -0.1) is 0 Å². The van der Waals surface area contributed by atoms with Crippen molar-refractivity contribution in [2.24, 2.45) is 17.8 Å². The molecule has 0 bridgehead atoms. The van der Waals surface area contributed by atoms with Crippen molar-refractivity contribution in [1.29, 1.82) is 0 Å². The Labute approximate surface area is 227 Å². The third-order valence-corrected chi connectivity index (χ3v) is 6.87. The first kappa shape index (κ1) is 31.8. The van der Waals surface area contributed by atoms with Crippen LogP contribution < -0.4 is 4.72 Å². The molecule has 1 unspecified atom stereocenters. The van der Waals surface area contributed by atoms with Gasteiger partial charge in [0.05, 0.1) is 30.8 Å². The van der Waals surface area contributed by atoms with Crippen LogP contribution in [-0.2, 0) is 40.5 Å². The average Bonchev–Trinajstić information content (AvgIpc) is 3.22. The average molecular weight is 553 g/mol. The van der Waals surface area contributed by atoms with Crippen LogP contribution in [0.1, 0.15) is 72.8 Å². The van der Waals surface area contributed by atoms with Crippen molar-refractivity contribution in [2.75, 3.05) is 12.8 Å². The van der Waals surface area contributed by atoms with Crippen molar-refractivity contribution in [3.8, 4) is 0 Å². The molecule has 2 amide bonds. The van der Waals surface area contributed by atoms with Gasteiger partial charge in [0.2, 0.25) is 15.9 Å². The van der Waals surface area contributed by atoms with E-state index in [0.29, 0.717) is 25.9 Å².